The summed E-state index contributed by atoms with van der Waals surface area (Å²) in [6.45, 7) is 2.66. The molecule has 0 aliphatic carbocycles. The summed E-state index contributed by atoms with van der Waals surface area (Å²) >= 11 is 7.71. The number of hydrazone groups is 1. The third-order valence-electron chi connectivity index (χ3n) is 4.19. The highest BCUT2D eigenvalue weighted by atomic mass is 35.5. The van der Waals surface area contributed by atoms with E-state index >= 15 is 0 Å². The van der Waals surface area contributed by atoms with Crippen LogP contribution in [0.5, 0.6) is 11.5 Å². The van der Waals surface area contributed by atoms with Gasteiger partial charge in [-0.2, -0.15) is 5.10 Å². The third kappa shape index (κ3) is 7.14. The van der Waals surface area contributed by atoms with E-state index in [0.717, 1.165) is 12.0 Å². The Hall–Kier alpha value is -3.30. The highest BCUT2D eigenvalue weighted by molar-refractivity contribution is 7.14. The van der Waals surface area contributed by atoms with Gasteiger partial charge in [0.05, 0.1) is 17.8 Å². The fourth-order valence-corrected chi connectivity index (χ4v) is 3.46. The number of anilines is 2. The van der Waals surface area contributed by atoms with Crippen LogP contribution in [0.1, 0.15) is 18.1 Å². The zero-order chi connectivity index (χ0) is 22.8. The molecule has 0 aliphatic rings. The van der Waals surface area contributed by atoms with Gasteiger partial charge < -0.3 is 20.5 Å². The number of thiazole rings is 1. The maximum absolute atomic E-state index is 12.2. The number of rotatable bonds is 11. The van der Waals surface area contributed by atoms with Gasteiger partial charge in [-0.15, -0.1) is 11.3 Å². The SMILES string of the molecule is CCOc1cc(C=NNc2nc(N)cs2)c(Cl)cc1OCC(=O)NCCc1ccccc1. The van der Waals surface area contributed by atoms with Gasteiger partial charge in [-0.1, -0.05) is 41.9 Å². The standard InChI is InChI=1S/C22H24ClN5O3S/c1-2-30-18-10-16(12-26-28-22-27-20(24)14-32-22)17(23)11-19(18)31-13-21(29)25-9-8-15-6-4-3-5-7-15/h3-7,10-12,14H,2,8-9,13,24H2,1H3,(H,25,29)(H,27,28). The Labute approximate surface area is 195 Å². The summed E-state index contributed by atoms with van der Waals surface area (Å²) in [4.78, 5) is 16.2. The number of nitrogen functional groups attached to an aromatic ring is 1. The van der Waals surface area contributed by atoms with E-state index in [0.29, 0.717) is 46.2 Å². The summed E-state index contributed by atoms with van der Waals surface area (Å²) < 4.78 is 11.3. The summed E-state index contributed by atoms with van der Waals surface area (Å²) in [6.07, 6.45) is 2.29. The van der Waals surface area contributed by atoms with Gasteiger partial charge >= 0.3 is 0 Å². The summed E-state index contributed by atoms with van der Waals surface area (Å²) in [5.74, 6) is 1.05. The fourth-order valence-electron chi connectivity index (χ4n) is 2.71. The van der Waals surface area contributed by atoms with Crippen LogP contribution in [0.2, 0.25) is 5.02 Å². The number of hydrogen-bond donors (Lipinski definition) is 3. The van der Waals surface area contributed by atoms with Crippen LogP contribution in [0.4, 0.5) is 10.9 Å². The van der Waals surface area contributed by atoms with Crippen LogP contribution in [0.3, 0.4) is 0 Å². The molecule has 0 fully saturated rings. The minimum Gasteiger partial charge on any atom is -0.490 e. The lowest BCUT2D eigenvalue weighted by molar-refractivity contribution is -0.123. The number of benzene rings is 2. The van der Waals surface area contributed by atoms with Gasteiger partial charge in [0.2, 0.25) is 5.13 Å². The van der Waals surface area contributed by atoms with Gasteiger partial charge in [0, 0.05) is 23.6 Å². The molecule has 2 aromatic carbocycles. The number of nitrogens with zero attached hydrogens (tertiary/aromatic N) is 2. The maximum Gasteiger partial charge on any atom is 0.257 e. The predicted molar refractivity (Wildman–Crippen MR) is 129 cm³/mol. The molecule has 32 heavy (non-hydrogen) atoms. The van der Waals surface area contributed by atoms with Crippen molar-refractivity contribution < 1.29 is 14.3 Å². The molecule has 0 saturated heterocycles. The number of nitrogens with one attached hydrogen (secondary N) is 2. The maximum atomic E-state index is 12.2. The second kappa shape index (κ2) is 11.9. The predicted octanol–water partition coefficient (Wildman–Crippen LogP) is 3.96. The first kappa shape index (κ1) is 23.4. The number of carbonyl (C=O) groups excluding carboxylic acids is 1. The molecule has 3 rings (SSSR count). The van der Waals surface area contributed by atoms with Crippen molar-refractivity contribution in [1.29, 1.82) is 0 Å². The van der Waals surface area contributed by atoms with E-state index in [1.54, 1.807) is 23.7 Å². The molecule has 0 unspecified atom stereocenters. The zero-order valence-electron chi connectivity index (χ0n) is 17.5. The lowest BCUT2D eigenvalue weighted by atomic mass is 10.1. The van der Waals surface area contributed by atoms with Crippen LogP contribution < -0.4 is 25.9 Å². The van der Waals surface area contributed by atoms with Gasteiger partial charge in [0.1, 0.15) is 5.82 Å². The van der Waals surface area contributed by atoms with Crippen molar-refractivity contribution in [2.24, 2.45) is 5.10 Å². The molecule has 168 valence electrons. The number of aromatic nitrogens is 1. The van der Waals surface area contributed by atoms with E-state index in [2.05, 4.69) is 20.8 Å². The Morgan fingerprint density at radius 1 is 1.25 bits per heavy atom. The average Bonchev–Trinajstić information content (AvgIpc) is 3.20. The molecule has 0 spiro atoms. The van der Waals surface area contributed by atoms with Crippen molar-refractivity contribution >= 4 is 46.0 Å². The lowest BCUT2D eigenvalue weighted by Crippen LogP contribution is -2.30. The number of hydrogen-bond acceptors (Lipinski definition) is 8. The first-order chi connectivity index (χ1) is 15.5. The van der Waals surface area contributed by atoms with E-state index < -0.39 is 0 Å². The molecule has 3 aromatic rings. The van der Waals surface area contributed by atoms with Crippen molar-refractivity contribution in [2.75, 3.05) is 30.9 Å². The van der Waals surface area contributed by atoms with Crippen molar-refractivity contribution in [1.82, 2.24) is 10.3 Å². The van der Waals surface area contributed by atoms with E-state index in [-0.39, 0.29) is 12.5 Å². The molecule has 1 heterocycles. The molecular formula is C22H24ClN5O3S. The van der Waals surface area contributed by atoms with Gasteiger partial charge in [-0.05, 0) is 25.0 Å². The molecule has 0 bridgehead atoms. The molecule has 10 heteroatoms. The Morgan fingerprint density at radius 3 is 2.75 bits per heavy atom. The summed E-state index contributed by atoms with van der Waals surface area (Å²) in [5, 5.41) is 9.64. The molecule has 1 aromatic heterocycles. The van der Waals surface area contributed by atoms with Gasteiger partial charge in [0.25, 0.3) is 5.91 Å². The Bertz CT molecular complexity index is 1060. The van der Waals surface area contributed by atoms with Crippen LogP contribution in [0.15, 0.2) is 52.9 Å². The normalized spacial score (nSPS) is 10.8. The summed E-state index contributed by atoms with van der Waals surface area (Å²) in [6, 6.07) is 13.2. The zero-order valence-corrected chi connectivity index (χ0v) is 19.1. The Balaban J connectivity index is 1.56. The van der Waals surface area contributed by atoms with E-state index in [4.69, 9.17) is 26.8 Å². The van der Waals surface area contributed by atoms with Crippen molar-refractivity contribution in [3.63, 3.8) is 0 Å². The average molecular weight is 474 g/mol. The molecule has 8 nitrogen and oxygen atoms in total. The highest BCUT2D eigenvalue weighted by Gasteiger charge is 2.12. The topological polar surface area (TPSA) is 111 Å². The quantitative estimate of drug-likeness (QED) is 0.287. The molecular weight excluding hydrogens is 450 g/mol. The molecule has 1 amide bonds. The van der Waals surface area contributed by atoms with Crippen LogP contribution in [0, 0.1) is 0 Å². The second-order valence-corrected chi connectivity index (χ2v) is 7.84. The molecule has 0 aliphatic heterocycles. The van der Waals surface area contributed by atoms with Gasteiger partial charge in [-0.3, -0.25) is 10.2 Å². The molecule has 4 N–H and O–H groups in total. The van der Waals surface area contributed by atoms with E-state index in [1.165, 1.54) is 11.3 Å². The van der Waals surface area contributed by atoms with Crippen molar-refractivity contribution in [2.45, 2.75) is 13.3 Å². The number of halogens is 1. The molecule has 0 radical (unpaired) electrons. The number of ether oxygens (including phenoxy) is 2. The van der Waals surface area contributed by atoms with Crippen LogP contribution in [-0.2, 0) is 11.2 Å². The lowest BCUT2D eigenvalue weighted by Gasteiger charge is -2.14. The Morgan fingerprint density at radius 2 is 2.03 bits per heavy atom. The van der Waals surface area contributed by atoms with Crippen LogP contribution in [0.25, 0.3) is 0 Å². The van der Waals surface area contributed by atoms with Crippen molar-refractivity contribution in [3.8, 4) is 11.5 Å². The molecule has 0 saturated carbocycles. The van der Waals surface area contributed by atoms with Crippen molar-refractivity contribution in [3.05, 3.63) is 64.0 Å². The largest absolute Gasteiger partial charge is 0.490 e. The minimum atomic E-state index is -0.225. The summed E-state index contributed by atoms with van der Waals surface area (Å²) in [7, 11) is 0. The smallest absolute Gasteiger partial charge is 0.257 e. The molecule has 0 atom stereocenters. The van der Waals surface area contributed by atoms with E-state index in [1.807, 2.05) is 37.3 Å². The van der Waals surface area contributed by atoms with Gasteiger partial charge in [0.15, 0.2) is 18.1 Å². The first-order valence-electron chi connectivity index (χ1n) is 9.95. The minimum absolute atomic E-state index is 0.147. The van der Waals surface area contributed by atoms with Crippen LogP contribution >= 0.6 is 22.9 Å². The summed E-state index contributed by atoms with van der Waals surface area (Å²) in [5.41, 5.74) is 10.2. The first-order valence-corrected chi connectivity index (χ1v) is 11.2. The van der Waals surface area contributed by atoms with Crippen LogP contribution in [-0.4, -0.2) is 36.9 Å². The number of amides is 1. The van der Waals surface area contributed by atoms with Gasteiger partial charge in [-0.25, -0.2) is 4.98 Å². The highest BCUT2D eigenvalue weighted by Crippen LogP contribution is 2.33. The monoisotopic (exact) mass is 473 g/mol. The Kier molecular flexibility index (Phi) is 8.70. The number of nitrogens with two attached hydrogens (primary N) is 1. The fraction of sp³-hybridized carbons (Fsp3) is 0.227. The van der Waals surface area contributed by atoms with E-state index in [9.17, 15) is 4.79 Å². The second-order valence-electron chi connectivity index (χ2n) is 6.58. The number of carbonyl (C=O) groups is 1. The third-order valence-corrected chi connectivity index (χ3v) is 5.28.